The van der Waals surface area contributed by atoms with Gasteiger partial charge in [0.05, 0.1) is 0 Å². The minimum absolute atomic E-state index is 0.0602. The van der Waals surface area contributed by atoms with Crippen molar-refractivity contribution in [3.63, 3.8) is 0 Å². The number of aliphatic hydroxyl groups is 2. The van der Waals surface area contributed by atoms with Gasteiger partial charge in [0.15, 0.2) is 0 Å². The van der Waals surface area contributed by atoms with E-state index in [0.717, 1.165) is 0 Å². The maximum Gasteiger partial charge on any atom is 0.121 e. The van der Waals surface area contributed by atoms with E-state index in [0.29, 0.717) is 5.57 Å². The maximum atomic E-state index is 8.96. The third-order valence-electron chi connectivity index (χ3n) is 1.23. The zero-order valence-electron chi connectivity index (χ0n) is 4.91. The van der Waals surface area contributed by atoms with E-state index >= 15 is 0 Å². The molecule has 0 bridgehead atoms. The van der Waals surface area contributed by atoms with Gasteiger partial charge >= 0.3 is 0 Å². The van der Waals surface area contributed by atoms with Crippen molar-refractivity contribution >= 4 is 0 Å². The van der Waals surface area contributed by atoms with Crippen molar-refractivity contribution in [3.8, 4) is 0 Å². The van der Waals surface area contributed by atoms with Crippen LogP contribution in [-0.2, 0) is 0 Å². The summed E-state index contributed by atoms with van der Waals surface area (Å²) in [5.74, 6) is 0.0602. The highest BCUT2D eigenvalue weighted by Gasteiger charge is 2.10. The van der Waals surface area contributed by atoms with Gasteiger partial charge in [-0.3, -0.25) is 0 Å². The number of hydrogen-bond donors (Lipinski definition) is 2. The second-order valence-corrected chi connectivity index (χ2v) is 1.91. The summed E-state index contributed by atoms with van der Waals surface area (Å²) in [7, 11) is 0. The number of allylic oxidation sites excluding steroid dienone is 2. The van der Waals surface area contributed by atoms with Crippen LogP contribution in [0.5, 0.6) is 0 Å². The van der Waals surface area contributed by atoms with Crippen LogP contribution < -0.4 is 0 Å². The first-order valence-corrected chi connectivity index (χ1v) is 2.66. The molecule has 0 aromatic heterocycles. The first kappa shape index (κ1) is 6.11. The molecule has 0 aliphatic heterocycles. The molecule has 0 spiro atoms. The van der Waals surface area contributed by atoms with Gasteiger partial charge in [-0.2, -0.15) is 0 Å². The molecule has 0 saturated heterocycles. The zero-order valence-corrected chi connectivity index (χ0v) is 4.91. The van der Waals surface area contributed by atoms with E-state index in [4.69, 9.17) is 10.2 Å². The summed E-state index contributed by atoms with van der Waals surface area (Å²) >= 11 is 0. The Bertz CT molecular complexity index is 189. The molecule has 2 nitrogen and oxygen atoms in total. The fraction of sp³-hybridized carbons (Fsp3) is 0.143. The predicted octanol–water partition coefficient (Wildman–Crippen LogP) is 0.915. The van der Waals surface area contributed by atoms with Gasteiger partial charge in [0, 0.05) is 5.57 Å². The Balaban J connectivity index is 2.86. The SMILES string of the molecule is C=C1C(O)=CC=CC1O. The Morgan fingerprint density at radius 3 is 2.67 bits per heavy atom. The second-order valence-electron chi connectivity index (χ2n) is 1.91. The summed E-state index contributed by atoms with van der Waals surface area (Å²) in [6, 6.07) is 0. The molecule has 0 heterocycles. The van der Waals surface area contributed by atoms with Crippen LogP contribution in [0.15, 0.2) is 36.1 Å². The number of hydrogen-bond acceptors (Lipinski definition) is 2. The van der Waals surface area contributed by atoms with E-state index < -0.39 is 6.10 Å². The van der Waals surface area contributed by atoms with E-state index in [9.17, 15) is 0 Å². The van der Waals surface area contributed by atoms with Gasteiger partial charge in [-0.15, -0.1) is 0 Å². The molecule has 2 heteroatoms. The van der Waals surface area contributed by atoms with E-state index in [1.165, 1.54) is 6.08 Å². The van der Waals surface area contributed by atoms with Crippen LogP contribution in [0.25, 0.3) is 0 Å². The fourth-order valence-electron chi connectivity index (χ4n) is 0.627. The van der Waals surface area contributed by atoms with Gasteiger partial charge in [-0.25, -0.2) is 0 Å². The molecule has 1 aliphatic rings. The van der Waals surface area contributed by atoms with Gasteiger partial charge in [0.2, 0.25) is 0 Å². The summed E-state index contributed by atoms with van der Waals surface area (Å²) in [6.45, 7) is 3.46. The van der Waals surface area contributed by atoms with Gasteiger partial charge < -0.3 is 10.2 Å². The molecule has 2 N–H and O–H groups in total. The monoisotopic (exact) mass is 124 g/mol. The van der Waals surface area contributed by atoms with Crippen molar-refractivity contribution in [1.29, 1.82) is 0 Å². The van der Waals surface area contributed by atoms with Gasteiger partial charge in [0.1, 0.15) is 11.9 Å². The minimum atomic E-state index is -0.713. The second kappa shape index (κ2) is 2.07. The van der Waals surface area contributed by atoms with Crippen molar-refractivity contribution in [2.75, 3.05) is 0 Å². The molecule has 0 aromatic rings. The summed E-state index contributed by atoms with van der Waals surface area (Å²) in [4.78, 5) is 0. The Hall–Kier alpha value is -1.02. The van der Waals surface area contributed by atoms with E-state index in [1.54, 1.807) is 12.2 Å². The molecule has 9 heavy (non-hydrogen) atoms. The molecule has 0 amide bonds. The van der Waals surface area contributed by atoms with E-state index in [2.05, 4.69) is 6.58 Å². The molecule has 1 aliphatic carbocycles. The lowest BCUT2D eigenvalue weighted by atomic mass is 10.1. The van der Waals surface area contributed by atoms with Crippen LogP contribution in [0.3, 0.4) is 0 Å². The highest BCUT2D eigenvalue weighted by atomic mass is 16.3. The van der Waals surface area contributed by atoms with Crippen LogP contribution in [0.1, 0.15) is 0 Å². The van der Waals surface area contributed by atoms with E-state index in [-0.39, 0.29) is 5.76 Å². The molecular formula is C7H8O2. The quantitative estimate of drug-likeness (QED) is 0.504. The zero-order chi connectivity index (χ0) is 6.85. The van der Waals surface area contributed by atoms with Gasteiger partial charge in [-0.05, 0) is 6.08 Å². The first-order chi connectivity index (χ1) is 4.22. The number of aliphatic hydroxyl groups excluding tert-OH is 2. The molecule has 1 rings (SSSR count). The van der Waals surface area contributed by atoms with Crippen molar-refractivity contribution in [1.82, 2.24) is 0 Å². The Morgan fingerprint density at radius 2 is 2.22 bits per heavy atom. The standard InChI is InChI=1S/C7H8O2/c1-5-6(8)3-2-4-7(5)9/h2-4,6,8-9H,1H2. The summed E-state index contributed by atoms with van der Waals surface area (Å²) in [5.41, 5.74) is 0.359. The van der Waals surface area contributed by atoms with E-state index in [1.807, 2.05) is 0 Å². The largest absolute Gasteiger partial charge is 0.508 e. The van der Waals surface area contributed by atoms with Crippen LogP contribution in [0.2, 0.25) is 0 Å². The molecule has 0 fully saturated rings. The molecular weight excluding hydrogens is 116 g/mol. The lowest BCUT2D eigenvalue weighted by molar-refractivity contribution is 0.247. The average molecular weight is 124 g/mol. The molecule has 48 valence electrons. The first-order valence-electron chi connectivity index (χ1n) is 2.66. The fourth-order valence-corrected chi connectivity index (χ4v) is 0.627. The van der Waals surface area contributed by atoms with Crippen molar-refractivity contribution in [2.24, 2.45) is 0 Å². The van der Waals surface area contributed by atoms with Crippen LogP contribution in [-0.4, -0.2) is 16.3 Å². The van der Waals surface area contributed by atoms with Crippen molar-refractivity contribution in [3.05, 3.63) is 36.1 Å². The third-order valence-corrected chi connectivity index (χ3v) is 1.23. The highest BCUT2D eigenvalue weighted by Crippen LogP contribution is 2.14. The summed E-state index contributed by atoms with van der Waals surface area (Å²) in [5, 5.41) is 17.9. The summed E-state index contributed by atoms with van der Waals surface area (Å²) < 4.78 is 0. The van der Waals surface area contributed by atoms with Gasteiger partial charge in [0.25, 0.3) is 0 Å². The van der Waals surface area contributed by atoms with Crippen LogP contribution in [0.4, 0.5) is 0 Å². The van der Waals surface area contributed by atoms with Crippen molar-refractivity contribution in [2.45, 2.75) is 6.10 Å². The summed E-state index contributed by atoms with van der Waals surface area (Å²) in [6.07, 6.45) is 3.93. The highest BCUT2D eigenvalue weighted by molar-refractivity contribution is 5.36. The predicted molar refractivity (Wildman–Crippen MR) is 35.0 cm³/mol. The van der Waals surface area contributed by atoms with Gasteiger partial charge in [-0.1, -0.05) is 18.7 Å². The van der Waals surface area contributed by atoms with Crippen molar-refractivity contribution < 1.29 is 10.2 Å². The number of rotatable bonds is 0. The Kier molecular flexibility index (Phi) is 1.40. The lowest BCUT2D eigenvalue weighted by Crippen LogP contribution is -2.09. The topological polar surface area (TPSA) is 40.5 Å². The molecule has 0 aromatic carbocycles. The Morgan fingerprint density at radius 1 is 1.56 bits per heavy atom. The third kappa shape index (κ3) is 1.03. The Labute approximate surface area is 53.4 Å². The molecule has 0 saturated carbocycles. The molecule has 1 atom stereocenters. The smallest absolute Gasteiger partial charge is 0.121 e. The molecule has 1 unspecified atom stereocenters. The maximum absolute atomic E-state index is 8.96. The minimum Gasteiger partial charge on any atom is -0.508 e. The molecule has 0 radical (unpaired) electrons. The van der Waals surface area contributed by atoms with Crippen LogP contribution in [0, 0.1) is 0 Å². The normalized spacial score (nSPS) is 26.1. The lowest BCUT2D eigenvalue weighted by Gasteiger charge is -2.11. The van der Waals surface area contributed by atoms with Crippen LogP contribution >= 0.6 is 0 Å². The average Bonchev–Trinajstić information content (AvgIpc) is 1.83.